The van der Waals surface area contributed by atoms with Crippen LogP contribution in [0.5, 0.6) is 0 Å². The van der Waals surface area contributed by atoms with Gasteiger partial charge in [0.25, 0.3) is 0 Å². The van der Waals surface area contributed by atoms with E-state index in [1.54, 1.807) is 24.3 Å². The van der Waals surface area contributed by atoms with Gasteiger partial charge in [-0.1, -0.05) is 49.4 Å². The molecule has 0 aliphatic carbocycles. The Hall–Kier alpha value is -2.66. The Morgan fingerprint density at radius 1 is 1.08 bits per heavy atom. The second kappa shape index (κ2) is 7.75. The SMILES string of the molecule is CCC(CO)(NC(=O)Nc1cccc(C(C)=O)c1)c1ccccc1. The predicted octanol–water partition coefficient (Wildman–Crippen LogP) is 3.31. The molecule has 3 N–H and O–H groups in total. The molecule has 5 nitrogen and oxygen atoms in total. The predicted molar refractivity (Wildman–Crippen MR) is 94.1 cm³/mol. The zero-order chi connectivity index (χ0) is 17.6. The van der Waals surface area contributed by atoms with Crippen LogP contribution in [0.1, 0.15) is 36.2 Å². The monoisotopic (exact) mass is 326 g/mol. The fourth-order valence-electron chi connectivity index (χ4n) is 2.56. The van der Waals surface area contributed by atoms with Crippen molar-refractivity contribution in [3.05, 3.63) is 65.7 Å². The van der Waals surface area contributed by atoms with E-state index in [9.17, 15) is 14.7 Å². The lowest BCUT2D eigenvalue weighted by molar-refractivity contribution is 0.101. The second-order valence-corrected chi connectivity index (χ2v) is 5.68. The maximum absolute atomic E-state index is 12.4. The van der Waals surface area contributed by atoms with Crippen molar-refractivity contribution in [1.29, 1.82) is 0 Å². The lowest BCUT2D eigenvalue weighted by atomic mass is 9.88. The minimum Gasteiger partial charge on any atom is -0.394 e. The molecule has 0 saturated carbocycles. The lowest BCUT2D eigenvalue weighted by Crippen LogP contribution is -2.49. The number of aliphatic hydroxyl groups is 1. The quantitative estimate of drug-likeness (QED) is 0.713. The van der Waals surface area contributed by atoms with Gasteiger partial charge in [0.2, 0.25) is 0 Å². The van der Waals surface area contributed by atoms with Crippen LogP contribution in [0.15, 0.2) is 54.6 Å². The molecule has 2 amide bonds. The number of hydrogen-bond acceptors (Lipinski definition) is 3. The first-order valence-electron chi connectivity index (χ1n) is 7.87. The molecule has 0 aliphatic rings. The van der Waals surface area contributed by atoms with Crippen LogP contribution in [0.4, 0.5) is 10.5 Å². The van der Waals surface area contributed by atoms with Crippen LogP contribution in [0.2, 0.25) is 0 Å². The number of carbonyl (C=O) groups is 2. The summed E-state index contributed by atoms with van der Waals surface area (Å²) in [7, 11) is 0. The first kappa shape index (κ1) is 17.7. The normalized spacial score (nSPS) is 13.0. The molecule has 5 heteroatoms. The van der Waals surface area contributed by atoms with E-state index < -0.39 is 11.6 Å². The Morgan fingerprint density at radius 3 is 2.38 bits per heavy atom. The molecule has 0 fully saturated rings. The summed E-state index contributed by atoms with van der Waals surface area (Å²) in [5.74, 6) is -0.0680. The van der Waals surface area contributed by atoms with Crippen molar-refractivity contribution in [3.63, 3.8) is 0 Å². The van der Waals surface area contributed by atoms with Crippen LogP contribution in [-0.2, 0) is 5.54 Å². The fraction of sp³-hybridized carbons (Fsp3) is 0.263. The Kier molecular flexibility index (Phi) is 5.71. The van der Waals surface area contributed by atoms with E-state index in [1.807, 2.05) is 37.3 Å². The van der Waals surface area contributed by atoms with Crippen LogP contribution >= 0.6 is 0 Å². The first-order chi connectivity index (χ1) is 11.5. The highest BCUT2D eigenvalue weighted by atomic mass is 16.3. The molecular formula is C19H22N2O3. The van der Waals surface area contributed by atoms with Gasteiger partial charge in [0, 0.05) is 11.3 Å². The van der Waals surface area contributed by atoms with Crippen molar-refractivity contribution in [2.45, 2.75) is 25.8 Å². The van der Waals surface area contributed by atoms with E-state index in [1.165, 1.54) is 6.92 Å². The average Bonchev–Trinajstić information content (AvgIpc) is 2.60. The summed E-state index contributed by atoms with van der Waals surface area (Å²) in [6.07, 6.45) is 0.536. The van der Waals surface area contributed by atoms with Gasteiger partial charge in [0.15, 0.2) is 5.78 Å². The Morgan fingerprint density at radius 2 is 1.79 bits per heavy atom. The molecule has 1 unspecified atom stereocenters. The number of benzene rings is 2. The number of carbonyl (C=O) groups excluding carboxylic acids is 2. The van der Waals surface area contributed by atoms with Gasteiger partial charge in [-0.15, -0.1) is 0 Å². The summed E-state index contributed by atoms with van der Waals surface area (Å²) < 4.78 is 0. The van der Waals surface area contributed by atoms with Gasteiger partial charge < -0.3 is 15.7 Å². The maximum Gasteiger partial charge on any atom is 0.320 e. The van der Waals surface area contributed by atoms with E-state index in [0.717, 1.165) is 5.56 Å². The highest BCUT2D eigenvalue weighted by molar-refractivity contribution is 5.96. The second-order valence-electron chi connectivity index (χ2n) is 5.68. The molecule has 24 heavy (non-hydrogen) atoms. The van der Waals surface area contributed by atoms with Crippen LogP contribution in [0.25, 0.3) is 0 Å². The summed E-state index contributed by atoms with van der Waals surface area (Å²) >= 11 is 0. The van der Waals surface area contributed by atoms with E-state index in [4.69, 9.17) is 0 Å². The van der Waals surface area contributed by atoms with Gasteiger partial charge in [-0.2, -0.15) is 0 Å². The Labute approximate surface area is 141 Å². The number of anilines is 1. The molecule has 0 heterocycles. The number of amides is 2. The van der Waals surface area contributed by atoms with E-state index in [2.05, 4.69) is 10.6 Å². The largest absolute Gasteiger partial charge is 0.394 e. The van der Waals surface area contributed by atoms with E-state index in [-0.39, 0.29) is 12.4 Å². The summed E-state index contributed by atoms with van der Waals surface area (Å²) in [5, 5.41) is 15.5. The van der Waals surface area contributed by atoms with Crippen molar-refractivity contribution in [2.24, 2.45) is 0 Å². The molecule has 2 rings (SSSR count). The number of nitrogens with one attached hydrogen (secondary N) is 2. The van der Waals surface area contributed by atoms with Gasteiger partial charge in [-0.25, -0.2) is 4.79 Å². The third-order valence-electron chi connectivity index (χ3n) is 4.08. The molecule has 0 spiro atoms. The molecule has 2 aromatic rings. The van der Waals surface area contributed by atoms with Gasteiger partial charge in [0.05, 0.1) is 12.1 Å². The minimum atomic E-state index is -0.858. The number of rotatable bonds is 6. The van der Waals surface area contributed by atoms with Crippen molar-refractivity contribution >= 4 is 17.5 Å². The third-order valence-corrected chi connectivity index (χ3v) is 4.08. The standard InChI is InChI=1S/C19H22N2O3/c1-3-19(13-22,16-9-5-4-6-10-16)21-18(24)20-17-11-7-8-15(12-17)14(2)23/h4-12,22H,3,13H2,1-2H3,(H2,20,21,24). The maximum atomic E-state index is 12.4. The molecular weight excluding hydrogens is 304 g/mol. The molecule has 126 valence electrons. The molecule has 0 aromatic heterocycles. The Bertz CT molecular complexity index is 710. The van der Waals surface area contributed by atoms with Crippen molar-refractivity contribution in [1.82, 2.24) is 5.32 Å². The van der Waals surface area contributed by atoms with E-state index in [0.29, 0.717) is 17.7 Å². The van der Waals surface area contributed by atoms with Crippen molar-refractivity contribution < 1.29 is 14.7 Å². The number of hydrogen-bond donors (Lipinski definition) is 3. The van der Waals surface area contributed by atoms with Crippen molar-refractivity contribution in [2.75, 3.05) is 11.9 Å². The summed E-state index contributed by atoms with van der Waals surface area (Å²) in [5.41, 5.74) is 1.03. The minimum absolute atomic E-state index is 0.0680. The number of ketones is 1. The third kappa shape index (κ3) is 4.00. The van der Waals surface area contributed by atoms with Crippen molar-refractivity contribution in [3.8, 4) is 0 Å². The highest BCUT2D eigenvalue weighted by Gasteiger charge is 2.31. The first-order valence-corrected chi connectivity index (χ1v) is 7.87. The van der Waals surface area contributed by atoms with Gasteiger partial charge in [0.1, 0.15) is 0 Å². The highest BCUT2D eigenvalue weighted by Crippen LogP contribution is 2.24. The molecule has 0 radical (unpaired) electrons. The molecule has 2 aromatic carbocycles. The zero-order valence-corrected chi connectivity index (χ0v) is 13.9. The Balaban J connectivity index is 2.17. The summed E-state index contributed by atoms with van der Waals surface area (Å²) in [6.45, 7) is 3.16. The summed E-state index contributed by atoms with van der Waals surface area (Å²) in [4.78, 5) is 23.8. The molecule has 0 aliphatic heterocycles. The lowest BCUT2D eigenvalue weighted by Gasteiger charge is -2.32. The zero-order valence-electron chi connectivity index (χ0n) is 13.9. The topological polar surface area (TPSA) is 78.4 Å². The number of aliphatic hydroxyl groups excluding tert-OH is 1. The smallest absolute Gasteiger partial charge is 0.320 e. The average molecular weight is 326 g/mol. The van der Waals surface area contributed by atoms with Crippen LogP contribution in [-0.4, -0.2) is 23.5 Å². The van der Waals surface area contributed by atoms with Gasteiger partial charge in [-0.3, -0.25) is 4.79 Å². The molecule has 0 bridgehead atoms. The van der Waals surface area contributed by atoms with Crippen LogP contribution in [0.3, 0.4) is 0 Å². The number of urea groups is 1. The van der Waals surface area contributed by atoms with Gasteiger partial charge in [-0.05, 0) is 31.0 Å². The molecule has 0 saturated heterocycles. The number of Topliss-reactive ketones (excluding diaryl/α,β-unsaturated/α-hetero) is 1. The van der Waals surface area contributed by atoms with Gasteiger partial charge >= 0.3 is 6.03 Å². The van der Waals surface area contributed by atoms with E-state index >= 15 is 0 Å². The molecule has 1 atom stereocenters. The fourth-order valence-corrected chi connectivity index (χ4v) is 2.56. The summed E-state index contributed by atoms with van der Waals surface area (Å²) in [6, 6.07) is 15.7. The van der Waals surface area contributed by atoms with Crippen LogP contribution in [0, 0.1) is 0 Å². The van der Waals surface area contributed by atoms with Crippen LogP contribution < -0.4 is 10.6 Å².